The zero-order chi connectivity index (χ0) is 36.1. The number of hydrogen-bond donors (Lipinski definition) is 3. The Morgan fingerprint density at radius 2 is 1.10 bits per heavy atom. The second-order valence-corrected chi connectivity index (χ2v) is 18.0. The third kappa shape index (κ3) is 12.0. The molecule has 0 aliphatic carbocycles. The first-order chi connectivity index (χ1) is 22.0. The van der Waals surface area contributed by atoms with Crippen LogP contribution in [-0.4, -0.2) is 31.0 Å². The summed E-state index contributed by atoms with van der Waals surface area (Å²) in [5.41, 5.74) is 1.91. The van der Waals surface area contributed by atoms with Crippen molar-refractivity contribution in [1.29, 1.82) is 0 Å². The van der Waals surface area contributed by atoms with Crippen LogP contribution >= 0.6 is 11.8 Å². The zero-order valence-corrected chi connectivity index (χ0v) is 31.1. The minimum absolute atomic E-state index is 0.188. The summed E-state index contributed by atoms with van der Waals surface area (Å²) in [6, 6.07) is 24.7. The summed E-state index contributed by atoms with van der Waals surface area (Å²) in [7, 11) is -8.70. The highest BCUT2D eigenvalue weighted by Gasteiger charge is 2.28. The molecule has 4 aromatic rings. The van der Waals surface area contributed by atoms with Crippen LogP contribution in [0.4, 0.5) is 0 Å². The van der Waals surface area contributed by atoms with Gasteiger partial charge >= 0.3 is 0 Å². The monoisotopic (exact) mass is 714 g/mol. The van der Waals surface area contributed by atoms with Crippen molar-refractivity contribution in [3.63, 3.8) is 0 Å². The Kier molecular flexibility index (Phi) is 12.6. The highest BCUT2D eigenvalue weighted by molar-refractivity contribution is 7.99. The maximum Gasteiger partial charge on any atom is 0.269 e. The van der Waals surface area contributed by atoms with Gasteiger partial charge in [-0.25, -0.2) is 0 Å². The molecule has 0 heterocycles. The molecule has 0 bridgehead atoms. The number of aromatic hydroxyl groups is 1. The summed E-state index contributed by atoms with van der Waals surface area (Å²) in [5, 5.41) is 9.49. The smallest absolute Gasteiger partial charge is 0.269 e. The number of rotatable bonds is 10. The van der Waals surface area contributed by atoms with Gasteiger partial charge in [0.2, 0.25) is 0 Å². The minimum Gasteiger partial charge on any atom is -0.508 e. The van der Waals surface area contributed by atoms with Gasteiger partial charge in [0.15, 0.2) is 0 Å². The van der Waals surface area contributed by atoms with Crippen molar-refractivity contribution in [3.05, 3.63) is 113 Å². The molecule has 0 amide bonds. The van der Waals surface area contributed by atoms with Crippen LogP contribution in [0.25, 0.3) is 0 Å². The van der Waals surface area contributed by atoms with Gasteiger partial charge in [0.25, 0.3) is 20.2 Å². The fourth-order valence-corrected chi connectivity index (χ4v) is 6.99. The van der Waals surface area contributed by atoms with E-state index >= 15 is 0 Å². The molecule has 0 aliphatic heterocycles. The molecule has 0 fully saturated rings. The van der Waals surface area contributed by atoms with Gasteiger partial charge in [-0.05, 0) is 88.2 Å². The van der Waals surface area contributed by atoms with E-state index in [4.69, 9.17) is 4.74 Å². The Labute approximate surface area is 290 Å². The van der Waals surface area contributed by atoms with Gasteiger partial charge in [-0.1, -0.05) is 97.5 Å². The van der Waals surface area contributed by atoms with Gasteiger partial charge in [-0.2, -0.15) is 16.8 Å². The van der Waals surface area contributed by atoms with Gasteiger partial charge in [0.05, 0.1) is 0 Å². The Morgan fingerprint density at radius 3 is 1.58 bits per heavy atom. The van der Waals surface area contributed by atoms with Crippen LogP contribution in [0.5, 0.6) is 17.2 Å². The highest BCUT2D eigenvalue weighted by atomic mass is 32.2. The number of benzene rings is 4. The van der Waals surface area contributed by atoms with Crippen LogP contribution in [0.3, 0.4) is 0 Å². The van der Waals surface area contributed by atoms with Crippen LogP contribution in [-0.2, 0) is 42.6 Å². The average Bonchev–Trinajstić information content (AvgIpc) is 2.93. The van der Waals surface area contributed by atoms with Crippen LogP contribution in [0.1, 0.15) is 83.2 Å². The topological polar surface area (TPSA) is 138 Å². The largest absolute Gasteiger partial charge is 0.508 e. The van der Waals surface area contributed by atoms with E-state index < -0.39 is 37.2 Å². The summed E-state index contributed by atoms with van der Waals surface area (Å²) >= 11 is 1.50. The molecule has 0 spiro atoms. The molecule has 8 nitrogen and oxygen atoms in total. The van der Waals surface area contributed by atoms with E-state index in [1.54, 1.807) is 48.5 Å². The molecule has 0 atom stereocenters. The minimum atomic E-state index is -4.41. The Hall–Kier alpha value is -3.35. The fraction of sp³-hybridized carbons (Fsp3) is 0.351. The molecule has 0 saturated carbocycles. The van der Waals surface area contributed by atoms with Gasteiger partial charge in [0.1, 0.15) is 28.8 Å². The van der Waals surface area contributed by atoms with Crippen LogP contribution < -0.4 is 4.74 Å². The van der Waals surface area contributed by atoms with E-state index in [9.17, 15) is 31.0 Å². The molecule has 0 aromatic heterocycles. The Bertz CT molecular complexity index is 1900. The molecule has 0 unspecified atom stereocenters. The summed E-state index contributed by atoms with van der Waals surface area (Å²) in [6.45, 7) is 16.2. The van der Waals surface area contributed by atoms with Crippen molar-refractivity contribution in [2.75, 3.05) is 0 Å². The van der Waals surface area contributed by atoms with Crippen LogP contribution in [0, 0.1) is 5.92 Å². The number of phenols is 1. The average molecular weight is 715 g/mol. The zero-order valence-electron chi connectivity index (χ0n) is 28.7. The maximum atomic E-state index is 12.0. The van der Waals surface area contributed by atoms with Gasteiger partial charge in [-0.15, -0.1) is 0 Å². The molecule has 3 N–H and O–H groups in total. The lowest BCUT2D eigenvalue weighted by Crippen LogP contribution is -2.22. The first kappa shape index (κ1) is 39.1. The van der Waals surface area contributed by atoms with Crippen molar-refractivity contribution >= 4 is 32.0 Å². The third-order valence-electron chi connectivity index (χ3n) is 7.22. The van der Waals surface area contributed by atoms with Gasteiger partial charge < -0.3 is 9.84 Å². The normalized spacial score (nSPS) is 12.4. The summed E-state index contributed by atoms with van der Waals surface area (Å²) < 4.78 is 73.1. The molecule has 0 radical (unpaired) electrons. The lowest BCUT2D eigenvalue weighted by Gasteiger charge is -2.30. The number of hydrogen-bond acceptors (Lipinski definition) is 7. The van der Waals surface area contributed by atoms with E-state index in [-0.39, 0.29) is 22.5 Å². The number of phenolic OH excluding ortho intramolecular Hbond substituents is 1. The molecule has 4 aromatic carbocycles. The molecule has 48 heavy (non-hydrogen) atoms. The predicted molar refractivity (Wildman–Crippen MR) is 193 cm³/mol. The third-order valence-corrected chi connectivity index (χ3v) is 9.58. The van der Waals surface area contributed by atoms with E-state index in [2.05, 4.69) is 20.8 Å². The van der Waals surface area contributed by atoms with Crippen LogP contribution in [0.15, 0.2) is 94.7 Å². The highest BCUT2D eigenvalue weighted by Crippen LogP contribution is 2.39. The van der Waals surface area contributed by atoms with Crippen molar-refractivity contribution in [2.24, 2.45) is 5.92 Å². The van der Waals surface area contributed by atoms with Crippen LogP contribution in [0.2, 0.25) is 0 Å². The molecule has 260 valence electrons. The lowest BCUT2D eigenvalue weighted by atomic mass is 9.75. The maximum absolute atomic E-state index is 12.0. The van der Waals surface area contributed by atoms with E-state index in [1.807, 2.05) is 71.0 Å². The van der Waals surface area contributed by atoms with Crippen molar-refractivity contribution in [2.45, 2.75) is 87.5 Å². The summed E-state index contributed by atoms with van der Waals surface area (Å²) in [6.07, 6.45) is 0. The lowest BCUT2D eigenvalue weighted by molar-refractivity contribution is 0.466. The molecule has 0 aliphatic rings. The van der Waals surface area contributed by atoms with E-state index in [0.29, 0.717) is 16.9 Å². The van der Waals surface area contributed by atoms with Crippen molar-refractivity contribution in [1.82, 2.24) is 0 Å². The van der Waals surface area contributed by atoms with Crippen molar-refractivity contribution in [3.8, 4) is 17.2 Å². The van der Waals surface area contributed by atoms with Gasteiger partial charge in [-0.3, -0.25) is 9.11 Å². The van der Waals surface area contributed by atoms with E-state index in [0.717, 1.165) is 26.8 Å². The number of ether oxygens (including phenoxy) is 1. The Balaban J connectivity index is 0.00000148. The molecule has 4 rings (SSSR count). The summed E-state index contributed by atoms with van der Waals surface area (Å²) in [4.78, 5) is 1.88. The second-order valence-electron chi connectivity index (χ2n) is 13.9. The molecular formula is C37H46O8S3. The first-order valence-electron chi connectivity index (χ1n) is 15.5. The van der Waals surface area contributed by atoms with Crippen molar-refractivity contribution < 1.29 is 35.8 Å². The van der Waals surface area contributed by atoms with Gasteiger partial charge in [0, 0.05) is 20.8 Å². The molecule has 11 heteroatoms. The SMILES string of the molecule is CC(C)(C)c1ccc(C(C)(C)c2ccc(Oc3ccc(Sc4ccc(O)cc4)cc3)c(CS(=O)(=O)O)c2)cc1CS(=O)(=O)O.CC(C)C. The standard InChI is InChI=1S/C33H36O8S3.C4H10/c1-32(2,3)30-16-6-24(18-22(30)20-43(35,36)37)33(4,5)25-7-17-31(23(19-25)21-44(38,39)40)41-27-10-14-29(15-11-27)42-28-12-8-26(34)9-13-28;1-4(2)3/h6-19,34H,20-21H2,1-5H3,(H,35,36,37)(H,38,39,40);4H,1-3H3. The fourth-order valence-electron chi connectivity index (χ4n) is 4.93. The molecular weight excluding hydrogens is 669 g/mol. The second kappa shape index (κ2) is 15.5. The molecule has 0 saturated heterocycles. The quantitative estimate of drug-likeness (QED) is 0.137. The predicted octanol–water partition coefficient (Wildman–Crippen LogP) is 9.40. The van der Waals surface area contributed by atoms with E-state index in [1.165, 1.54) is 11.8 Å². The Morgan fingerprint density at radius 1 is 0.667 bits per heavy atom. The summed E-state index contributed by atoms with van der Waals surface area (Å²) in [5.74, 6) is 0.551. The first-order valence-corrected chi connectivity index (χ1v) is 19.5.